The third kappa shape index (κ3) is 28.4. The van der Waals surface area contributed by atoms with Crippen LogP contribution >= 0.6 is 0 Å². The molecule has 0 aliphatic carbocycles. The third-order valence-corrected chi connectivity index (χ3v) is 5.90. The zero-order chi connectivity index (χ0) is 26.0. The number of carbonyl (C=O) groups excluding carboxylic acids is 1. The van der Waals surface area contributed by atoms with Gasteiger partial charge in [0.1, 0.15) is 0 Å². The lowest BCUT2D eigenvalue weighted by Crippen LogP contribution is -2.44. The molecule has 0 rings (SSSR count). The Balaban J connectivity index is 0. The van der Waals surface area contributed by atoms with Crippen LogP contribution in [0.15, 0.2) is 0 Å². The van der Waals surface area contributed by atoms with E-state index in [0.29, 0.717) is 6.42 Å². The number of rotatable bonds is 22. The summed E-state index contributed by atoms with van der Waals surface area (Å²) in [4.78, 5) is 33.3. The van der Waals surface area contributed by atoms with Crippen molar-refractivity contribution in [3.63, 3.8) is 0 Å². The second-order valence-corrected chi connectivity index (χ2v) is 9.44. The second-order valence-electron chi connectivity index (χ2n) is 9.44. The Bertz CT molecular complexity index is 483. The van der Waals surface area contributed by atoms with Gasteiger partial charge in [-0.1, -0.05) is 104 Å². The molecular formula is C27H54N2O5. The first-order chi connectivity index (χ1) is 16.2. The average Bonchev–Trinajstić information content (AvgIpc) is 2.78. The van der Waals surface area contributed by atoms with Gasteiger partial charge in [-0.15, -0.1) is 0 Å². The van der Waals surface area contributed by atoms with Gasteiger partial charge in [-0.05, 0) is 26.9 Å². The molecule has 0 bridgehead atoms. The molecule has 0 radical (unpaired) electrons. The maximum Gasteiger partial charge on any atom is 0.303 e. The number of nitrogens with one attached hydrogen (secondary N) is 1. The number of amides is 1. The van der Waals surface area contributed by atoms with E-state index in [1.54, 1.807) is 0 Å². The van der Waals surface area contributed by atoms with Gasteiger partial charge in [0.25, 0.3) is 0 Å². The number of hydrogen-bond donors (Lipinski definition) is 3. The maximum atomic E-state index is 11.9. The van der Waals surface area contributed by atoms with Gasteiger partial charge < -0.3 is 15.5 Å². The van der Waals surface area contributed by atoms with Crippen molar-refractivity contribution in [3.05, 3.63) is 0 Å². The largest absolute Gasteiger partial charge is 0.481 e. The van der Waals surface area contributed by atoms with Crippen LogP contribution in [0.3, 0.4) is 0 Å². The topological polar surface area (TPSA) is 107 Å². The predicted molar refractivity (Wildman–Crippen MR) is 140 cm³/mol. The number of aliphatic carboxylic acids is 2. The summed E-state index contributed by atoms with van der Waals surface area (Å²) in [5.41, 5.74) is 0. The van der Waals surface area contributed by atoms with E-state index in [1.165, 1.54) is 89.9 Å². The van der Waals surface area contributed by atoms with Gasteiger partial charge in [0.2, 0.25) is 5.91 Å². The molecule has 0 spiro atoms. The normalized spacial score (nSPS) is 11.6. The van der Waals surface area contributed by atoms with Gasteiger partial charge in [0.05, 0.1) is 19.0 Å². The molecule has 0 fully saturated rings. The highest BCUT2D eigenvalue weighted by Gasteiger charge is 2.11. The monoisotopic (exact) mass is 486 g/mol. The molecule has 1 unspecified atom stereocenters. The molecule has 3 N–H and O–H groups in total. The van der Waals surface area contributed by atoms with Crippen LogP contribution in [-0.4, -0.2) is 53.2 Å². The Morgan fingerprint density at radius 2 is 0.971 bits per heavy atom. The molecule has 0 aromatic heterocycles. The summed E-state index contributed by atoms with van der Waals surface area (Å²) in [7, 11) is 4.03. The van der Waals surface area contributed by atoms with Crippen molar-refractivity contribution in [1.29, 1.82) is 0 Å². The smallest absolute Gasteiger partial charge is 0.303 e. The second kappa shape index (κ2) is 26.0. The Morgan fingerprint density at radius 1 is 0.618 bits per heavy atom. The van der Waals surface area contributed by atoms with Crippen molar-refractivity contribution in [2.45, 2.75) is 142 Å². The van der Waals surface area contributed by atoms with E-state index in [4.69, 9.17) is 10.2 Å². The van der Waals surface area contributed by atoms with E-state index in [1.807, 2.05) is 14.1 Å². The lowest BCUT2D eigenvalue weighted by atomic mass is 10.0. The molecule has 0 aromatic carbocycles. The van der Waals surface area contributed by atoms with E-state index in [9.17, 15) is 14.4 Å². The lowest BCUT2D eigenvalue weighted by molar-refractivity contribution is -0.143. The lowest BCUT2D eigenvalue weighted by Gasteiger charge is -2.23. The number of carbonyl (C=O) groups is 3. The van der Waals surface area contributed by atoms with Crippen molar-refractivity contribution in [2.75, 3.05) is 14.1 Å². The van der Waals surface area contributed by atoms with Crippen LogP contribution in [0.5, 0.6) is 0 Å². The Labute approximate surface area is 209 Å². The highest BCUT2D eigenvalue weighted by Crippen LogP contribution is 2.13. The molecule has 0 aliphatic heterocycles. The quantitative estimate of drug-likeness (QED) is 0.118. The van der Waals surface area contributed by atoms with E-state index >= 15 is 0 Å². The number of unbranched alkanes of at least 4 members (excludes halogenated alkanes) is 14. The summed E-state index contributed by atoms with van der Waals surface area (Å²) in [5.74, 6) is -1.94. The highest BCUT2D eigenvalue weighted by molar-refractivity contribution is 5.76. The molecular weight excluding hydrogens is 432 g/mol. The molecule has 0 saturated carbocycles. The molecule has 0 saturated heterocycles. The summed E-state index contributed by atoms with van der Waals surface area (Å²) in [6, 6.07) is 0. The first kappa shape index (κ1) is 34.5. The minimum atomic E-state index is -1.08. The summed E-state index contributed by atoms with van der Waals surface area (Å²) >= 11 is 0. The van der Waals surface area contributed by atoms with Gasteiger partial charge in [-0.3, -0.25) is 19.3 Å². The van der Waals surface area contributed by atoms with Crippen molar-refractivity contribution in [3.8, 4) is 0 Å². The molecule has 7 nitrogen and oxygen atoms in total. The summed E-state index contributed by atoms with van der Waals surface area (Å²) in [5, 5.41) is 18.9. The molecule has 0 heterocycles. The van der Waals surface area contributed by atoms with Gasteiger partial charge >= 0.3 is 11.9 Å². The Hall–Kier alpha value is -1.63. The van der Waals surface area contributed by atoms with Crippen molar-refractivity contribution < 1.29 is 24.6 Å². The van der Waals surface area contributed by atoms with Crippen molar-refractivity contribution in [1.82, 2.24) is 10.2 Å². The summed E-state index contributed by atoms with van der Waals surface area (Å²) in [6.07, 6.45) is 21.7. The SMILES string of the molecule is CCCCCCCCCCCCCCCCCC(=O)NC(CC)N(C)C.O=C(O)CCC(=O)O. The van der Waals surface area contributed by atoms with Crippen molar-refractivity contribution in [2.24, 2.45) is 0 Å². The molecule has 1 atom stereocenters. The number of carboxylic acid groups (broad SMARTS) is 2. The zero-order valence-corrected chi connectivity index (χ0v) is 22.6. The van der Waals surface area contributed by atoms with Crippen molar-refractivity contribution >= 4 is 17.8 Å². The minimum Gasteiger partial charge on any atom is -0.481 e. The number of carboxylic acids is 2. The van der Waals surface area contributed by atoms with Crippen LogP contribution in [-0.2, 0) is 14.4 Å². The molecule has 7 heteroatoms. The van der Waals surface area contributed by atoms with Crippen LogP contribution in [0.25, 0.3) is 0 Å². The summed E-state index contributed by atoms with van der Waals surface area (Å²) in [6.45, 7) is 4.39. The third-order valence-electron chi connectivity index (χ3n) is 5.90. The average molecular weight is 487 g/mol. The fourth-order valence-corrected chi connectivity index (χ4v) is 3.73. The molecule has 202 valence electrons. The Morgan fingerprint density at radius 3 is 1.26 bits per heavy atom. The first-order valence-corrected chi connectivity index (χ1v) is 13.6. The Kier molecular flexibility index (Phi) is 26.4. The summed E-state index contributed by atoms with van der Waals surface area (Å²) < 4.78 is 0. The first-order valence-electron chi connectivity index (χ1n) is 13.6. The van der Waals surface area contributed by atoms with Gasteiger partial charge in [0.15, 0.2) is 0 Å². The zero-order valence-electron chi connectivity index (χ0n) is 22.6. The van der Waals surface area contributed by atoms with Gasteiger partial charge in [-0.25, -0.2) is 0 Å². The maximum absolute atomic E-state index is 11.9. The fourth-order valence-electron chi connectivity index (χ4n) is 3.73. The van der Waals surface area contributed by atoms with E-state index in [0.717, 1.165) is 12.8 Å². The number of nitrogens with zero attached hydrogens (tertiary/aromatic N) is 1. The molecule has 0 aliphatic rings. The van der Waals surface area contributed by atoms with Crippen LogP contribution in [0, 0.1) is 0 Å². The number of hydrogen-bond acceptors (Lipinski definition) is 4. The predicted octanol–water partition coefficient (Wildman–Crippen LogP) is 6.60. The van der Waals surface area contributed by atoms with Crippen LogP contribution in [0.2, 0.25) is 0 Å². The van der Waals surface area contributed by atoms with Crippen LogP contribution < -0.4 is 5.32 Å². The highest BCUT2D eigenvalue weighted by atomic mass is 16.4. The molecule has 34 heavy (non-hydrogen) atoms. The van der Waals surface area contributed by atoms with E-state index < -0.39 is 11.9 Å². The minimum absolute atomic E-state index is 0.179. The van der Waals surface area contributed by atoms with Crippen LogP contribution in [0.4, 0.5) is 0 Å². The van der Waals surface area contributed by atoms with Gasteiger partial charge in [0, 0.05) is 6.42 Å². The van der Waals surface area contributed by atoms with Crippen LogP contribution in [0.1, 0.15) is 136 Å². The van der Waals surface area contributed by atoms with E-state index in [-0.39, 0.29) is 24.9 Å². The molecule has 0 aromatic rings. The fraction of sp³-hybridized carbons (Fsp3) is 0.889. The standard InChI is InChI=1S/C23H48N2O.C4H6O4/c1-5-7-8-9-10-11-12-13-14-15-16-17-18-19-20-21-23(26)24-22(6-2)25(3)4;5-3(6)1-2-4(7)8/h22H,5-21H2,1-4H3,(H,24,26);1-2H2,(H,5,6)(H,7,8). The van der Waals surface area contributed by atoms with E-state index in [2.05, 4.69) is 24.1 Å². The molecule has 1 amide bonds. The van der Waals surface area contributed by atoms with Gasteiger partial charge in [-0.2, -0.15) is 0 Å².